The van der Waals surface area contributed by atoms with Crippen LogP contribution in [0.3, 0.4) is 0 Å². The number of nitrogens with zero attached hydrogens (tertiary/aromatic N) is 2. The van der Waals surface area contributed by atoms with Gasteiger partial charge in [0.2, 0.25) is 5.95 Å². The molecule has 0 amide bonds. The van der Waals surface area contributed by atoms with E-state index in [0.29, 0.717) is 11.3 Å². The predicted octanol–water partition coefficient (Wildman–Crippen LogP) is -1.63. The molecule has 0 aliphatic carbocycles. The van der Waals surface area contributed by atoms with Crippen LogP contribution in [0.2, 0.25) is 0 Å². The summed E-state index contributed by atoms with van der Waals surface area (Å²) < 4.78 is 6.63. The Kier molecular flexibility index (Phi) is 3.09. The van der Waals surface area contributed by atoms with Crippen LogP contribution in [0.5, 0.6) is 0 Å². The Morgan fingerprint density at radius 1 is 1.55 bits per heavy atom. The number of H-pyrrole nitrogens is 1. The Labute approximate surface area is 115 Å². The van der Waals surface area contributed by atoms with Gasteiger partial charge in [-0.15, -0.1) is 0 Å². The quantitative estimate of drug-likeness (QED) is 0.521. The number of rotatable bonds is 2. The second-order valence-electron chi connectivity index (χ2n) is 4.48. The molecule has 9 nitrogen and oxygen atoms in total. The number of ether oxygens (including phenoxy) is 1. The standard InChI is InChI=1S/C10H12N4O5S/c11-9-12-6-5(7(17)13-9)20-10(18)14(6)8-4(16)1-3(2-15)19-8/h3-4,8,15-16H,1-2H2,(H3,11,12,13,17)/t3?,4-,8-/m1/s1. The number of anilines is 1. The van der Waals surface area contributed by atoms with Gasteiger partial charge in [-0.05, 0) is 0 Å². The van der Waals surface area contributed by atoms with Gasteiger partial charge in [0, 0.05) is 6.42 Å². The molecule has 0 radical (unpaired) electrons. The van der Waals surface area contributed by atoms with Crippen LogP contribution in [0.4, 0.5) is 5.95 Å². The van der Waals surface area contributed by atoms with E-state index in [1.165, 1.54) is 0 Å². The smallest absolute Gasteiger partial charge is 0.311 e. The van der Waals surface area contributed by atoms with Crippen molar-refractivity contribution in [2.75, 3.05) is 12.3 Å². The molecule has 0 aromatic carbocycles. The summed E-state index contributed by atoms with van der Waals surface area (Å²) in [6, 6.07) is 0. The van der Waals surface area contributed by atoms with Gasteiger partial charge in [0.25, 0.3) is 5.56 Å². The molecule has 3 rings (SSSR count). The highest BCUT2D eigenvalue weighted by atomic mass is 32.1. The number of nitrogens with one attached hydrogen (secondary N) is 1. The zero-order chi connectivity index (χ0) is 14.4. The maximum absolute atomic E-state index is 12.0. The molecule has 0 spiro atoms. The van der Waals surface area contributed by atoms with Gasteiger partial charge >= 0.3 is 4.87 Å². The first-order valence-electron chi connectivity index (χ1n) is 5.86. The van der Waals surface area contributed by atoms with Crippen molar-refractivity contribution in [2.24, 2.45) is 0 Å². The number of fused-ring (bicyclic) bond motifs is 1. The summed E-state index contributed by atoms with van der Waals surface area (Å²) in [5, 5.41) is 19.0. The van der Waals surface area contributed by atoms with Crippen molar-refractivity contribution in [1.29, 1.82) is 0 Å². The number of aromatic nitrogens is 3. The fraction of sp³-hybridized carbons (Fsp3) is 0.500. The van der Waals surface area contributed by atoms with E-state index in [1.54, 1.807) is 0 Å². The molecule has 10 heteroatoms. The summed E-state index contributed by atoms with van der Waals surface area (Å²) in [5.74, 6) is -0.125. The molecule has 3 atom stereocenters. The summed E-state index contributed by atoms with van der Waals surface area (Å²) in [6.07, 6.45) is -2.31. The topological polar surface area (TPSA) is 143 Å². The lowest BCUT2D eigenvalue weighted by atomic mass is 10.2. The minimum Gasteiger partial charge on any atom is -0.394 e. The highest BCUT2D eigenvalue weighted by molar-refractivity contribution is 7.16. The largest absolute Gasteiger partial charge is 0.394 e. The maximum Gasteiger partial charge on any atom is 0.311 e. The third-order valence-electron chi connectivity index (χ3n) is 3.12. The van der Waals surface area contributed by atoms with Crippen molar-refractivity contribution >= 4 is 27.6 Å². The molecule has 2 aromatic heterocycles. The van der Waals surface area contributed by atoms with Crippen LogP contribution in [0, 0.1) is 0 Å². The highest BCUT2D eigenvalue weighted by Gasteiger charge is 2.37. The fourth-order valence-corrected chi connectivity index (χ4v) is 3.09. The number of nitrogens with two attached hydrogens (primary N) is 1. The first-order chi connectivity index (χ1) is 9.51. The summed E-state index contributed by atoms with van der Waals surface area (Å²) >= 11 is 0.704. The zero-order valence-corrected chi connectivity index (χ0v) is 11.0. The lowest BCUT2D eigenvalue weighted by molar-refractivity contribution is -0.0495. The third kappa shape index (κ3) is 1.93. The molecule has 0 saturated carbocycles. The highest BCUT2D eigenvalue weighted by Crippen LogP contribution is 2.30. The average Bonchev–Trinajstić information content (AvgIpc) is 2.89. The van der Waals surface area contributed by atoms with Gasteiger partial charge in [-0.3, -0.25) is 19.1 Å². The van der Waals surface area contributed by atoms with Gasteiger partial charge in [0.05, 0.1) is 12.7 Å². The van der Waals surface area contributed by atoms with E-state index >= 15 is 0 Å². The SMILES string of the molecule is Nc1nc2c(sc(=O)n2[C@@H]2OC(CO)C[C@H]2O)c(=O)[nH]1. The molecule has 108 valence electrons. The van der Waals surface area contributed by atoms with Gasteiger partial charge in [0.15, 0.2) is 11.9 Å². The van der Waals surface area contributed by atoms with Gasteiger partial charge < -0.3 is 20.7 Å². The number of aliphatic hydroxyl groups excluding tert-OH is 2. The van der Waals surface area contributed by atoms with Crippen LogP contribution < -0.4 is 16.2 Å². The van der Waals surface area contributed by atoms with E-state index in [9.17, 15) is 14.7 Å². The number of hydrogen-bond acceptors (Lipinski definition) is 8. The summed E-state index contributed by atoms with van der Waals surface area (Å²) in [6.45, 7) is -0.263. The van der Waals surface area contributed by atoms with Crippen molar-refractivity contribution in [2.45, 2.75) is 24.9 Å². The lowest BCUT2D eigenvalue weighted by Crippen LogP contribution is -2.27. The molecule has 5 N–H and O–H groups in total. The Balaban J connectivity index is 2.19. The number of thiazole rings is 1. The molecule has 1 fully saturated rings. The molecular weight excluding hydrogens is 288 g/mol. The summed E-state index contributed by atoms with van der Waals surface area (Å²) in [7, 11) is 0. The van der Waals surface area contributed by atoms with E-state index in [4.69, 9.17) is 15.6 Å². The van der Waals surface area contributed by atoms with Crippen LogP contribution in [-0.4, -0.2) is 43.6 Å². The second-order valence-corrected chi connectivity index (χ2v) is 5.44. The first kappa shape index (κ1) is 13.2. The zero-order valence-electron chi connectivity index (χ0n) is 10.1. The molecule has 20 heavy (non-hydrogen) atoms. The Bertz CT molecular complexity index is 765. The Hall–Kier alpha value is -1.75. The molecular formula is C10H12N4O5S. The molecule has 1 saturated heterocycles. The van der Waals surface area contributed by atoms with E-state index in [0.717, 1.165) is 4.57 Å². The normalized spacial score (nSPS) is 26.4. The summed E-state index contributed by atoms with van der Waals surface area (Å²) in [5.41, 5.74) is 5.03. The van der Waals surface area contributed by atoms with E-state index < -0.39 is 28.9 Å². The third-order valence-corrected chi connectivity index (χ3v) is 4.06. The van der Waals surface area contributed by atoms with Crippen molar-refractivity contribution in [3.05, 3.63) is 20.0 Å². The average molecular weight is 300 g/mol. The number of hydrogen-bond donors (Lipinski definition) is 4. The van der Waals surface area contributed by atoms with Gasteiger partial charge in [-0.1, -0.05) is 11.3 Å². The van der Waals surface area contributed by atoms with E-state index in [2.05, 4.69) is 9.97 Å². The van der Waals surface area contributed by atoms with Crippen molar-refractivity contribution in [3.8, 4) is 0 Å². The molecule has 0 bridgehead atoms. The van der Waals surface area contributed by atoms with Crippen LogP contribution in [0.25, 0.3) is 10.3 Å². The second kappa shape index (κ2) is 4.66. The van der Waals surface area contributed by atoms with Crippen LogP contribution in [-0.2, 0) is 4.74 Å². The Morgan fingerprint density at radius 2 is 2.30 bits per heavy atom. The maximum atomic E-state index is 12.0. The minimum absolute atomic E-state index is 0.0730. The minimum atomic E-state index is -0.984. The van der Waals surface area contributed by atoms with Crippen molar-refractivity contribution < 1.29 is 14.9 Å². The fourth-order valence-electron chi connectivity index (χ4n) is 2.25. The number of aliphatic hydroxyl groups is 2. The molecule has 1 aliphatic rings. The predicted molar refractivity (Wildman–Crippen MR) is 70.5 cm³/mol. The first-order valence-corrected chi connectivity index (χ1v) is 6.68. The monoisotopic (exact) mass is 300 g/mol. The molecule has 1 aliphatic heterocycles. The number of nitrogen functional groups attached to an aromatic ring is 1. The van der Waals surface area contributed by atoms with Crippen LogP contribution >= 0.6 is 11.3 Å². The van der Waals surface area contributed by atoms with Gasteiger partial charge in [-0.2, -0.15) is 4.98 Å². The van der Waals surface area contributed by atoms with Crippen molar-refractivity contribution in [1.82, 2.24) is 14.5 Å². The molecule has 2 aromatic rings. The molecule has 3 heterocycles. The van der Waals surface area contributed by atoms with Crippen molar-refractivity contribution in [3.63, 3.8) is 0 Å². The lowest BCUT2D eigenvalue weighted by Gasteiger charge is -2.15. The summed E-state index contributed by atoms with van der Waals surface area (Å²) in [4.78, 5) is 29.5. The van der Waals surface area contributed by atoms with E-state index in [1.807, 2.05) is 0 Å². The molecule has 1 unspecified atom stereocenters. The van der Waals surface area contributed by atoms with Crippen LogP contribution in [0.15, 0.2) is 9.59 Å². The van der Waals surface area contributed by atoms with Crippen LogP contribution in [0.1, 0.15) is 12.6 Å². The van der Waals surface area contributed by atoms with Gasteiger partial charge in [-0.25, -0.2) is 0 Å². The van der Waals surface area contributed by atoms with E-state index in [-0.39, 0.29) is 29.3 Å². The van der Waals surface area contributed by atoms with Gasteiger partial charge in [0.1, 0.15) is 10.8 Å². The number of aromatic amines is 1. The Morgan fingerprint density at radius 3 is 2.95 bits per heavy atom.